The maximum Gasteiger partial charge on any atom is 0.264 e. The highest BCUT2D eigenvalue weighted by Gasteiger charge is 2.25. The average molecular weight is 372 g/mol. The van der Waals surface area contributed by atoms with E-state index in [1.807, 2.05) is 0 Å². The number of ether oxygens (including phenoxy) is 3. The lowest BCUT2D eigenvalue weighted by Gasteiger charge is -2.22. The Morgan fingerprint density at radius 1 is 0.917 bits per heavy atom. The monoisotopic (exact) mass is 371 g/mol. The van der Waals surface area contributed by atoms with Gasteiger partial charge in [-0.05, 0) is 24.3 Å². The molecule has 0 radical (unpaired) electrons. The van der Waals surface area contributed by atoms with Crippen LogP contribution in [-0.2, 0) is 10.0 Å². The topological polar surface area (TPSA) is 65.1 Å². The molecule has 0 aliphatic carbocycles. The maximum atomic E-state index is 12.8. The summed E-state index contributed by atoms with van der Waals surface area (Å²) in [6.07, 6.45) is 0. The smallest absolute Gasteiger partial charge is 0.264 e. The second-order valence-electron chi connectivity index (χ2n) is 4.81. The molecule has 24 heavy (non-hydrogen) atoms. The van der Waals surface area contributed by atoms with Crippen molar-refractivity contribution in [1.29, 1.82) is 0 Å². The number of nitrogens with zero attached hydrogens (tertiary/aromatic N) is 1. The summed E-state index contributed by atoms with van der Waals surface area (Å²) in [6, 6.07) is 9.15. The van der Waals surface area contributed by atoms with Crippen LogP contribution in [0.3, 0.4) is 0 Å². The summed E-state index contributed by atoms with van der Waals surface area (Å²) in [4.78, 5) is 0.127. The van der Waals surface area contributed by atoms with E-state index in [0.29, 0.717) is 28.0 Å². The lowest BCUT2D eigenvalue weighted by Crippen LogP contribution is -2.27. The van der Waals surface area contributed by atoms with Gasteiger partial charge in [-0.2, -0.15) is 0 Å². The van der Waals surface area contributed by atoms with Crippen LogP contribution in [-0.4, -0.2) is 36.8 Å². The molecule has 0 unspecified atom stereocenters. The standard InChI is InChI=1S/C16H18ClNO5S/c1-18(14-10-15(22-3)13(17)9-16(14)23-4)24(19,20)12-7-5-11(21-2)6-8-12/h5-10H,1-4H3. The van der Waals surface area contributed by atoms with Crippen LogP contribution in [0.5, 0.6) is 17.2 Å². The van der Waals surface area contributed by atoms with Gasteiger partial charge in [0.05, 0.1) is 36.9 Å². The van der Waals surface area contributed by atoms with E-state index in [1.165, 1.54) is 52.6 Å². The van der Waals surface area contributed by atoms with E-state index < -0.39 is 10.0 Å². The summed E-state index contributed by atoms with van der Waals surface area (Å²) in [5, 5.41) is 0.327. The number of hydrogen-bond acceptors (Lipinski definition) is 5. The van der Waals surface area contributed by atoms with Crippen LogP contribution in [0.25, 0.3) is 0 Å². The van der Waals surface area contributed by atoms with Gasteiger partial charge in [0.1, 0.15) is 17.2 Å². The SMILES string of the molecule is COc1ccc(S(=O)(=O)N(C)c2cc(OC)c(Cl)cc2OC)cc1. The van der Waals surface area contributed by atoms with E-state index in [9.17, 15) is 8.42 Å². The van der Waals surface area contributed by atoms with Crippen LogP contribution in [0.2, 0.25) is 5.02 Å². The molecule has 8 heteroatoms. The van der Waals surface area contributed by atoms with Crippen LogP contribution < -0.4 is 18.5 Å². The first kappa shape index (κ1) is 18.2. The van der Waals surface area contributed by atoms with Crippen molar-refractivity contribution in [2.75, 3.05) is 32.7 Å². The molecule has 0 aromatic heterocycles. The molecule has 2 rings (SSSR count). The molecule has 0 amide bonds. The molecule has 2 aromatic rings. The molecule has 0 fully saturated rings. The average Bonchev–Trinajstić information content (AvgIpc) is 2.60. The molecule has 2 aromatic carbocycles. The Bertz CT molecular complexity index is 821. The molecule has 6 nitrogen and oxygen atoms in total. The Hall–Kier alpha value is -2.12. The van der Waals surface area contributed by atoms with Crippen molar-refractivity contribution >= 4 is 27.3 Å². The highest BCUT2D eigenvalue weighted by atomic mass is 35.5. The van der Waals surface area contributed by atoms with E-state index in [2.05, 4.69) is 0 Å². The molecule has 0 saturated carbocycles. The fourth-order valence-corrected chi connectivity index (χ4v) is 3.55. The third kappa shape index (κ3) is 3.37. The number of halogens is 1. The molecule has 0 aliphatic rings. The van der Waals surface area contributed by atoms with Gasteiger partial charge in [-0.1, -0.05) is 11.6 Å². The fraction of sp³-hybridized carbons (Fsp3) is 0.250. The fourth-order valence-electron chi connectivity index (χ4n) is 2.13. The van der Waals surface area contributed by atoms with E-state index in [4.69, 9.17) is 25.8 Å². The zero-order chi connectivity index (χ0) is 17.9. The summed E-state index contributed by atoms with van der Waals surface area (Å²) in [6.45, 7) is 0. The number of methoxy groups -OCH3 is 3. The summed E-state index contributed by atoms with van der Waals surface area (Å²) in [5.74, 6) is 1.24. The zero-order valence-electron chi connectivity index (χ0n) is 13.7. The summed E-state index contributed by atoms with van der Waals surface area (Å²) >= 11 is 6.06. The number of benzene rings is 2. The van der Waals surface area contributed by atoms with Crippen LogP contribution in [0, 0.1) is 0 Å². The normalized spacial score (nSPS) is 11.0. The van der Waals surface area contributed by atoms with Gasteiger partial charge in [0, 0.05) is 19.2 Å². The predicted octanol–water partition coefficient (Wildman–Crippen LogP) is 3.19. The second kappa shape index (κ2) is 7.19. The Balaban J connectivity index is 2.51. The second-order valence-corrected chi connectivity index (χ2v) is 7.18. The van der Waals surface area contributed by atoms with E-state index in [0.717, 1.165) is 4.31 Å². The van der Waals surface area contributed by atoms with Gasteiger partial charge in [-0.25, -0.2) is 8.42 Å². The Morgan fingerprint density at radius 2 is 1.50 bits per heavy atom. The molecule has 0 aliphatic heterocycles. The lowest BCUT2D eigenvalue weighted by molar-refractivity contribution is 0.404. The number of rotatable bonds is 6. The van der Waals surface area contributed by atoms with Crippen LogP contribution in [0.4, 0.5) is 5.69 Å². The quantitative estimate of drug-likeness (QED) is 0.780. The molecule has 0 saturated heterocycles. The third-order valence-corrected chi connectivity index (χ3v) is 5.59. The minimum atomic E-state index is -3.79. The molecule has 0 bridgehead atoms. The first-order valence-corrected chi connectivity index (χ1v) is 8.71. The minimum absolute atomic E-state index is 0.127. The Labute approximate surface area is 146 Å². The minimum Gasteiger partial charge on any atom is -0.497 e. The predicted molar refractivity (Wildman–Crippen MR) is 93.1 cm³/mol. The first-order chi connectivity index (χ1) is 11.3. The van der Waals surface area contributed by atoms with Crippen molar-refractivity contribution in [3.8, 4) is 17.2 Å². The van der Waals surface area contributed by atoms with Gasteiger partial charge in [0.15, 0.2) is 0 Å². The van der Waals surface area contributed by atoms with Crippen molar-refractivity contribution in [2.45, 2.75) is 4.90 Å². The largest absolute Gasteiger partial charge is 0.497 e. The zero-order valence-corrected chi connectivity index (χ0v) is 15.3. The maximum absolute atomic E-state index is 12.8. The van der Waals surface area contributed by atoms with Gasteiger partial charge < -0.3 is 14.2 Å². The van der Waals surface area contributed by atoms with Crippen LogP contribution >= 0.6 is 11.6 Å². The van der Waals surface area contributed by atoms with Gasteiger partial charge in [0.25, 0.3) is 10.0 Å². The Kier molecular flexibility index (Phi) is 5.46. The Morgan fingerprint density at radius 3 is 2.00 bits per heavy atom. The summed E-state index contributed by atoms with van der Waals surface area (Å²) < 4.78 is 42.3. The van der Waals surface area contributed by atoms with Crippen LogP contribution in [0.1, 0.15) is 0 Å². The third-order valence-electron chi connectivity index (χ3n) is 3.51. The van der Waals surface area contributed by atoms with Crippen molar-refractivity contribution in [1.82, 2.24) is 0 Å². The molecule has 130 valence electrons. The van der Waals surface area contributed by atoms with Crippen molar-refractivity contribution in [2.24, 2.45) is 0 Å². The number of sulfonamides is 1. The van der Waals surface area contributed by atoms with Crippen molar-refractivity contribution < 1.29 is 22.6 Å². The molecule has 0 heterocycles. The van der Waals surface area contributed by atoms with Gasteiger partial charge in [0.2, 0.25) is 0 Å². The van der Waals surface area contributed by atoms with E-state index in [1.54, 1.807) is 12.1 Å². The highest BCUT2D eigenvalue weighted by molar-refractivity contribution is 7.92. The van der Waals surface area contributed by atoms with Crippen molar-refractivity contribution in [3.63, 3.8) is 0 Å². The number of hydrogen-bond donors (Lipinski definition) is 0. The lowest BCUT2D eigenvalue weighted by atomic mass is 10.2. The van der Waals surface area contributed by atoms with E-state index >= 15 is 0 Å². The first-order valence-electron chi connectivity index (χ1n) is 6.89. The molecule has 0 N–H and O–H groups in total. The summed E-state index contributed by atoms with van der Waals surface area (Å²) in [5.41, 5.74) is 0.314. The molecule has 0 spiro atoms. The molecular weight excluding hydrogens is 354 g/mol. The van der Waals surface area contributed by atoms with Crippen LogP contribution in [0.15, 0.2) is 41.3 Å². The summed E-state index contributed by atoms with van der Waals surface area (Å²) in [7, 11) is 2.06. The highest BCUT2D eigenvalue weighted by Crippen LogP contribution is 2.39. The van der Waals surface area contributed by atoms with Crippen molar-refractivity contribution in [3.05, 3.63) is 41.4 Å². The van der Waals surface area contributed by atoms with E-state index in [-0.39, 0.29) is 4.90 Å². The van der Waals surface area contributed by atoms with Gasteiger partial charge >= 0.3 is 0 Å². The van der Waals surface area contributed by atoms with Gasteiger partial charge in [-0.15, -0.1) is 0 Å². The van der Waals surface area contributed by atoms with Gasteiger partial charge in [-0.3, -0.25) is 4.31 Å². The molecular formula is C16H18ClNO5S. The molecule has 0 atom stereocenters. The number of anilines is 1.